The van der Waals surface area contributed by atoms with Crippen LogP contribution in [0.25, 0.3) is 0 Å². The van der Waals surface area contributed by atoms with E-state index in [1.807, 2.05) is 0 Å². The molecule has 4 heteroatoms. The van der Waals surface area contributed by atoms with Gasteiger partial charge in [-0.15, -0.1) is 0 Å². The minimum atomic E-state index is -1.59. The molecular weight excluding hydrogens is 304 g/mol. The summed E-state index contributed by atoms with van der Waals surface area (Å²) in [4.78, 5) is 21.1. The van der Waals surface area contributed by atoms with Gasteiger partial charge in [0.1, 0.15) is 0 Å². The van der Waals surface area contributed by atoms with Crippen molar-refractivity contribution in [2.45, 2.75) is 115 Å². The Balaban J connectivity index is 3.36. The molecule has 0 aliphatic rings. The normalized spacial score (nSPS) is 14.5. The molecule has 0 saturated heterocycles. The Morgan fingerprint density at radius 1 is 0.500 bits per heavy atom. The standard InChI is InChI=1S/C20H38O4/c21-19(22)17-15-13-11-9-7-5-3-1-2-4-6-8-10-12-14-16-18-20(23)24/h1-18H2,(H,21,22)(H,23,24)/i15D2,16D2. The highest BCUT2D eigenvalue weighted by atomic mass is 16.4. The molecule has 0 aromatic rings. The number of hydrogen-bond acceptors (Lipinski definition) is 2. The van der Waals surface area contributed by atoms with E-state index in [1.54, 1.807) is 0 Å². The zero-order valence-corrected chi connectivity index (χ0v) is 15.0. The first-order valence-corrected chi connectivity index (χ1v) is 9.48. The molecule has 0 aromatic heterocycles. The lowest BCUT2D eigenvalue weighted by Crippen LogP contribution is -1.93. The molecule has 2 N–H and O–H groups in total. The lowest BCUT2D eigenvalue weighted by molar-refractivity contribution is -0.138. The summed E-state index contributed by atoms with van der Waals surface area (Å²) in [6, 6.07) is 0. The number of carbonyl (C=O) groups is 2. The second-order valence-electron chi connectivity index (χ2n) is 6.38. The van der Waals surface area contributed by atoms with E-state index >= 15 is 0 Å². The van der Waals surface area contributed by atoms with Crippen LogP contribution in [0, 0.1) is 0 Å². The van der Waals surface area contributed by atoms with Crippen molar-refractivity contribution >= 4 is 11.9 Å². The van der Waals surface area contributed by atoms with Crippen LogP contribution in [0.15, 0.2) is 0 Å². The summed E-state index contributed by atoms with van der Waals surface area (Å²) in [6.07, 6.45) is 9.17. The summed E-state index contributed by atoms with van der Waals surface area (Å²) in [7, 11) is 0. The second-order valence-corrected chi connectivity index (χ2v) is 6.38. The van der Waals surface area contributed by atoms with Crippen LogP contribution in [-0.2, 0) is 9.59 Å². The van der Waals surface area contributed by atoms with E-state index in [0.29, 0.717) is 12.8 Å². The Labute approximate surface area is 153 Å². The average molecular weight is 347 g/mol. The predicted octanol–water partition coefficient (Wildman–Crippen LogP) is 6.18. The molecule has 4 nitrogen and oxygen atoms in total. The SMILES string of the molecule is [2H]C([2H])(CCCCCCCCCCCCCCC([2H])([2H])CC(=O)O)CC(=O)O. The van der Waals surface area contributed by atoms with Crippen molar-refractivity contribution in [3.05, 3.63) is 0 Å². The molecule has 0 atom stereocenters. The first kappa shape index (κ1) is 16.4. The molecule has 24 heavy (non-hydrogen) atoms. The molecule has 0 radical (unpaired) electrons. The van der Waals surface area contributed by atoms with E-state index in [1.165, 1.54) is 25.7 Å². The molecule has 0 amide bonds. The second kappa shape index (κ2) is 18.3. The van der Waals surface area contributed by atoms with Crippen molar-refractivity contribution in [2.24, 2.45) is 0 Å². The Bertz CT molecular complexity index is 402. The van der Waals surface area contributed by atoms with Gasteiger partial charge in [0.25, 0.3) is 0 Å². The van der Waals surface area contributed by atoms with Gasteiger partial charge in [0, 0.05) is 18.3 Å². The van der Waals surface area contributed by atoms with E-state index < -0.39 is 37.5 Å². The summed E-state index contributed by atoms with van der Waals surface area (Å²) >= 11 is 0. The number of hydrogen-bond donors (Lipinski definition) is 2. The Morgan fingerprint density at radius 2 is 0.708 bits per heavy atom. The Morgan fingerprint density at radius 3 is 0.917 bits per heavy atom. The van der Waals surface area contributed by atoms with Gasteiger partial charge in [-0.3, -0.25) is 9.59 Å². The third-order valence-electron chi connectivity index (χ3n) is 4.01. The third kappa shape index (κ3) is 20.9. The maximum atomic E-state index is 10.5. The average Bonchev–Trinajstić information content (AvgIpc) is 2.52. The number of carboxylic acid groups (broad SMARTS) is 2. The lowest BCUT2D eigenvalue weighted by atomic mass is 10.0. The number of carboxylic acids is 2. The van der Waals surface area contributed by atoms with Gasteiger partial charge in [-0.1, -0.05) is 89.9 Å². The number of aliphatic carboxylic acids is 2. The Kier molecular flexibility index (Phi) is 12.5. The van der Waals surface area contributed by atoms with Crippen LogP contribution >= 0.6 is 0 Å². The molecule has 0 saturated carbocycles. The van der Waals surface area contributed by atoms with E-state index in [-0.39, 0.29) is 0 Å². The van der Waals surface area contributed by atoms with Crippen LogP contribution in [-0.4, -0.2) is 22.2 Å². The molecule has 0 heterocycles. The van der Waals surface area contributed by atoms with E-state index in [9.17, 15) is 9.59 Å². The molecule has 0 aromatic carbocycles. The third-order valence-corrected chi connectivity index (χ3v) is 4.01. The van der Waals surface area contributed by atoms with Gasteiger partial charge in [-0.25, -0.2) is 0 Å². The first-order chi connectivity index (χ1) is 13.0. The van der Waals surface area contributed by atoms with Gasteiger partial charge in [0.05, 0.1) is 0 Å². The maximum absolute atomic E-state index is 10.5. The van der Waals surface area contributed by atoms with Gasteiger partial charge in [0.2, 0.25) is 0 Å². The van der Waals surface area contributed by atoms with Crippen LogP contribution in [0.2, 0.25) is 0 Å². The highest BCUT2D eigenvalue weighted by Gasteiger charge is 1.98. The highest BCUT2D eigenvalue weighted by Crippen LogP contribution is 2.14. The summed E-state index contributed by atoms with van der Waals surface area (Å²) in [5, 5.41) is 17.3. The van der Waals surface area contributed by atoms with Gasteiger partial charge in [-0.2, -0.15) is 0 Å². The lowest BCUT2D eigenvalue weighted by Gasteiger charge is -2.03. The van der Waals surface area contributed by atoms with Crippen molar-refractivity contribution in [3.63, 3.8) is 0 Å². The van der Waals surface area contributed by atoms with Crippen molar-refractivity contribution in [3.8, 4) is 0 Å². The van der Waals surface area contributed by atoms with Gasteiger partial charge in [-0.05, 0) is 12.7 Å². The fraction of sp³-hybridized carbons (Fsp3) is 0.900. The predicted molar refractivity (Wildman–Crippen MR) is 98.4 cm³/mol. The highest BCUT2D eigenvalue weighted by molar-refractivity contribution is 5.66. The quantitative estimate of drug-likeness (QED) is 0.274. The smallest absolute Gasteiger partial charge is 0.303 e. The summed E-state index contributed by atoms with van der Waals surface area (Å²) < 4.78 is 30.4. The molecular formula is C20H38O4. The minimum absolute atomic E-state index is 0.317. The fourth-order valence-corrected chi connectivity index (χ4v) is 2.66. The Hall–Kier alpha value is -1.06. The van der Waals surface area contributed by atoms with Crippen LogP contribution < -0.4 is 0 Å². The largest absolute Gasteiger partial charge is 0.481 e. The molecule has 142 valence electrons. The first-order valence-electron chi connectivity index (χ1n) is 11.5. The number of unbranched alkanes of at least 4 members (excludes halogenated alkanes) is 11. The van der Waals surface area contributed by atoms with E-state index in [0.717, 1.165) is 51.4 Å². The van der Waals surface area contributed by atoms with Crippen molar-refractivity contribution < 1.29 is 25.3 Å². The van der Waals surface area contributed by atoms with Gasteiger partial charge >= 0.3 is 11.9 Å². The maximum Gasteiger partial charge on any atom is 0.303 e. The summed E-state index contributed by atoms with van der Waals surface area (Å²) in [5.41, 5.74) is 0. The molecule has 0 rings (SSSR count). The molecule has 0 bridgehead atoms. The minimum Gasteiger partial charge on any atom is -0.481 e. The molecule has 0 fully saturated rings. The van der Waals surface area contributed by atoms with Gasteiger partial charge < -0.3 is 10.2 Å². The molecule has 0 aliphatic heterocycles. The monoisotopic (exact) mass is 346 g/mol. The zero-order valence-electron chi connectivity index (χ0n) is 19.0. The van der Waals surface area contributed by atoms with Crippen molar-refractivity contribution in [1.82, 2.24) is 0 Å². The fourth-order valence-electron chi connectivity index (χ4n) is 2.66. The molecule has 0 aliphatic carbocycles. The van der Waals surface area contributed by atoms with Crippen molar-refractivity contribution in [1.29, 1.82) is 0 Å². The van der Waals surface area contributed by atoms with Crippen molar-refractivity contribution in [2.75, 3.05) is 0 Å². The van der Waals surface area contributed by atoms with Gasteiger partial charge in [0.15, 0.2) is 0 Å². The van der Waals surface area contributed by atoms with Crippen LogP contribution in [0.4, 0.5) is 0 Å². The number of rotatable bonds is 19. The van der Waals surface area contributed by atoms with Crippen LogP contribution in [0.3, 0.4) is 0 Å². The van der Waals surface area contributed by atoms with E-state index in [4.69, 9.17) is 15.7 Å². The van der Waals surface area contributed by atoms with Crippen LogP contribution in [0.1, 0.15) is 121 Å². The summed E-state index contributed by atoms with van der Waals surface area (Å²) in [6.45, 7) is 0. The molecule has 0 unspecified atom stereocenters. The van der Waals surface area contributed by atoms with Crippen LogP contribution in [0.5, 0.6) is 0 Å². The molecule has 0 spiro atoms. The topological polar surface area (TPSA) is 74.6 Å². The van der Waals surface area contributed by atoms with E-state index in [2.05, 4.69) is 0 Å². The zero-order chi connectivity index (χ0) is 21.5. The summed E-state index contributed by atoms with van der Waals surface area (Å²) in [5.74, 6) is -2.16.